The van der Waals surface area contributed by atoms with Crippen molar-refractivity contribution in [2.24, 2.45) is 5.92 Å². The van der Waals surface area contributed by atoms with Crippen molar-refractivity contribution in [3.05, 3.63) is 0 Å². The molecule has 1 rings (SSSR count). The summed E-state index contributed by atoms with van der Waals surface area (Å²) in [7, 11) is 2.35. The Morgan fingerprint density at radius 1 is 1.16 bits per heavy atom. The van der Waals surface area contributed by atoms with Gasteiger partial charge in [0.05, 0.1) is 0 Å². The van der Waals surface area contributed by atoms with Crippen molar-refractivity contribution in [2.45, 2.75) is 90.8 Å². The van der Waals surface area contributed by atoms with Crippen LogP contribution in [-0.4, -0.2) is 36.1 Å². The number of rotatable bonds is 6. The summed E-state index contributed by atoms with van der Waals surface area (Å²) in [6.45, 7) is 12.6. The molecule has 0 saturated heterocycles. The molecule has 0 aromatic heterocycles. The van der Waals surface area contributed by atoms with Crippen LogP contribution in [0.1, 0.15) is 73.1 Å². The molecule has 1 aliphatic carbocycles. The molecule has 0 heterocycles. The Hall–Kier alpha value is -0.0800. The summed E-state index contributed by atoms with van der Waals surface area (Å²) >= 11 is 0. The predicted molar refractivity (Wildman–Crippen MR) is 85.6 cm³/mol. The number of hydrogen-bond acceptors (Lipinski definition) is 2. The van der Waals surface area contributed by atoms with Crippen molar-refractivity contribution in [2.75, 3.05) is 13.6 Å². The highest BCUT2D eigenvalue weighted by atomic mass is 15.2. The second-order valence-electron chi connectivity index (χ2n) is 7.65. The van der Waals surface area contributed by atoms with Gasteiger partial charge in [-0.05, 0) is 65.8 Å². The van der Waals surface area contributed by atoms with Gasteiger partial charge in [-0.15, -0.1) is 0 Å². The highest BCUT2D eigenvalue weighted by Gasteiger charge is 2.26. The first-order valence-electron chi connectivity index (χ1n) is 8.30. The Morgan fingerprint density at radius 2 is 1.74 bits per heavy atom. The molecule has 0 aromatic carbocycles. The van der Waals surface area contributed by atoms with E-state index in [0.717, 1.165) is 18.5 Å². The smallest absolute Gasteiger partial charge is 0.0220 e. The topological polar surface area (TPSA) is 15.3 Å². The van der Waals surface area contributed by atoms with Gasteiger partial charge < -0.3 is 5.32 Å². The molecule has 1 atom stereocenters. The molecule has 1 saturated carbocycles. The molecular formula is C17H36N2. The fourth-order valence-corrected chi connectivity index (χ4v) is 3.15. The van der Waals surface area contributed by atoms with Crippen molar-refractivity contribution < 1.29 is 0 Å². The summed E-state index contributed by atoms with van der Waals surface area (Å²) in [4.78, 5) is 2.67. The molecule has 0 amide bonds. The highest BCUT2D eigenvalue weighted by Crippen LogP contribution is 2.28. The molecule has 0 aliphatic heterocycles. The first-order valence-corrected chi connectivity index (χ1v) is 8.30. The Labute approximate surface area is 121 Å². The van der Waals surface area contributed by atoms with Crippen LogP contribution in [0.4, 0.5) is 0 Å². The third-order valence-electron chi connectivity index (χ3n) is 4.63. The Morgan fingerprint density at radius 3 is 2.21 bits per heavy atom. The molecule has 2 nitrogen and oxygen atoms in total. The van der Waals surface area contributed by atoms with E-state index in [0.29, 0.717) is 6.04 Å². The van der Waals surface area contributed by atoms with Crippen LogP contribution in [0, 0.1) is 5.92 Å². The highest BCUT2D eigenvalue weighted by molar-refractivity contribution is 4.84. The number of hydrogen-bond donors (Lipinski definition) is 1. The summed E-state index contributed by atoms with van der Waals surface area (Å²) in [5, 5.41) is 3.69. The number of nitrogens with zero attached hydrogens (tertiary/aromatic N) is 1. The van der Waals surface area contributed by atoms with Gasteiger partial charge in [0.15, 0.2) is 0 Å². The summed E-state index contributed by atoms with van der Waals surface area (Å²) < 4.78 is 0. The fourth-order valence-electron chi connectivity index (χ4n) is 3.15. The summed E-state index contributed by atoms with van der Waals surface area (Å²) in [5.41, 5.74) is 0.230. The summed E-state index contributed by atoms with van der Waals surface area (Å²) in [6.07, 6.45) is 8.22. The van der Waals surface area contributed by atoms with E-state index >= 15 is 0 Å². The predicted octanol–water partition coefficient (Wildman–Crippen LogP) is 4.05. The lowest BCUT2D eigenvalue weighted by Crippen LogP contribution is -2.50. The number of likely N-dealkylation sites (N-methyl/N-ethyl adjacent to an activating group) is 1. The second kappa shape index (κ2) is 7.64. The van der Waals surface area contributed by atoms with Crippen LogP contribution in [0.25, 0.3) is 0 Å². The van der Waals surface area contributed by atoms with Crippen LogP contribution >= 0.6 is 0 Å². The molecule has 0 aromatic rings. The van der Waals surface area contributed by atoms with Gasteiger partial charge in [0.2, 0.25) is 0 Å². The average molecular weight is 268 g/mol. The fraction of sp³-hybridized carbons (Fsp3) is 1.00. The Balaban J connectivity index is 2.49. The minimum absolute atomic E-state index is 0.230. The minimum Gasteiger partial charge on any atom is -0.311 e. The van der Waals surface area contributed by atoms with E-state index in [9.17, 15) is 0 Å². The van der Waals surface area contributed by atoms with Gasteiger partial charge in [-0.3, -0.25) is 4.90 Å². The van der Waals surface area contributed by atoms with Crippen molar-refractivity contribution in [1.29, 1.82) is 0 Å². The van der Waals surface area contributed by atoms with Crippen LogP contribution in [0.15, 0.2) is 0 Å². The largest absolute Gasteiger partial charge is 0.311 e. The standard InChI is InChI=1S/C17H36N2/c1-7-8-16(13-18-17(3,4)5)19(6)15-11-9-14(2)10-12-15/h14-16,18H,7-13H2,1-6H3. The Bertz CT molecular complexity index is 236. The van der Waals surface area contributed by atoms with E-state index in [-0.39, 0.29) is 5.54 Å². The molecule has 1 N–H and O–H groups in total. The summed E-state index contributed by atoms with van der Waals surface area (Å²) in [5.74, 6) is 0.946. The molecule has 0 spiro atoms. The van der Waals surface area contributed by atoms with Crippen LogP contribution in [0.2, 0.25) is 0 Å². The van der Waals surface area contributed by atoms with E-state index in [4.69, 9.17) is 0 Å². The zero-order valence-electron chi connectivity index (χ0n) is 14.1. The van der Waals surface area contributed by atoms with Gasteiger partial charge in [0.1, 0.15) is 0 Å². The van der Waals surface area contributed by atoms with Crippen molar-refractivity contribution >= 4 is 0 Å². The third-order valence-corrected chi connectivity index (χ3v) is 4.63. The molecule has 19 heavy (non-hydrogen) atoms. The molecule has 114 valence electrons. The normalized spacial score (nSPS) is 26.7. The van der Waals surface area contributed by atoms with Crippen LogP contribution < -0.4 is 5.32 Å². The molecule has 1 fully saturated rings. The number of nitrogens with one attached hydrogen (secondary N) is 1. The maximum Gasteiger partial charge on any atom is 0.0220 e. The maximum absolute atomic E-state index is 3.69. The van der Waals surface area contributed by atoms with Crippen LogP contribution in [0.5, 0.6) is 0 Å². The molecular weight excluding hydrogens is 232 g/mol. The molecule has 1 aliphatic rings. The van der Waals surface area contributed by atoms with E-state index in [1.807, 2.05) is 0 Å². The van der Waals surface area contributed by atoms with Crippen LogP contribution in [-0.2, 0) is 0 Å². The van der Waals surface area contributed by atoms with Crippen LogP contribution in [0.3, 0.4) is 0 Å². The van der Waals surface area contributed by atoms with Gasteiger partial charge in [-0.25, -0.2) is 0 Å². The maximum atomic E-state index is 3.69. The first-order chi connectivity index (χ1) is 8.83. The van der Waals surface area contributed by atoms with Crippen molar-refractivity contribution in [3.63, 3.8) is 0 Å². The molecule has 2 heteroatoms. The third kappa shape index (κ3) is 6.27. The lowest BCUT2D eigenvalue weighted by Gasteiger charge is -2.39. The lowest BCUT2D eigenvalue weighted by molar-refractivity contribution is 0.111. The van der Waals surface area contributed by atoms with E-state index in [2.05, 4.69) is 51.9 Å². The van der Waals surface area contributed by atoms with Gasteiger partial charge in [-0.1, -0.05) is 20.3 Å². The lowest BCUT2D eigenvalue weighted by atomic mass is 9.86. The van der Waals surface area contributed by atoms with E-state index in [1.54, 1.807) is 0 Å². The first kappa shape index (κ1) is 17.0. The van der Waals surface area contributed by atoms with Gasteiger partial charge in [-0.2, -0.15) is 0 Å². The van der Waals surface area contributed by atoms with Gasteiger partial charge in [0.25, 0.3) is 0 Å². The van der Waals surface area contributed by atoms with E-state index in [1.165, 1.54) is 38.5 Å². The average Bonchev–Trinajstić information content (AvgIpc) is 2.33. The zero-order valence-corrected chi connectivity index (χ0v) is 14.1. The minimum atomic E-state index is 0.230. The molecule has 0 bridgehead atoms. The second-order valence-corrected chi connectivity index (χ2v) is 7.65. The van der Waals surface area contributed by atoms with Crippen molar-refractivity contribution in [1.82, 2.24) is 10.2 Å². The molecule has 1 unspecified atom stereocenters. The Kier molecular flexibility index (Phi) is 6.82. The van der Waals surface area contributed by atoms with Gasteiger partial charge >= 0.3 is 0 Å². The molecule has 0 radical (unpaired) electrons. The summed E-state index contributed by atoms with van der Waals surface area (Å²) in [6, 6.07) is 1.51. The zero-order chi connectivity index (χ0) is 14.5. The van der Waals surface area contributed by atoms with Crippen molar-refractivity contribution in [3.8, 4) is 0 Å². The van der Waals surface area contributed by atoms with E-state index < -0.39 is 0 Å². The SMILES string of the molecule is CCCC(CNC(C)(C)C)N(C)C1CCC(C)CC1. The monoisotopic (exact) mass is 268 g/mol. The van der Waals surface area contributed by atoms with Gasteiger partial charge in [0, 0.05) is 24.2 Å². The quantitative estimate of drug-likeness (QED) is 0.781.